The number of ketones is 4. The van der Waals surface area contributed by atoms with Gasteiger partial charge in [0.15, 0.2) is 36.3 Å². The lowest BCUT2D eigenvalue weighted by Gasteiger charge is -2.28. The van der Waals surface area contributed by atoms with Crippen LogP contribution in [0.2, 0.25) is 0 Å². The summed E-state index contributed by atoms with van der Waals surface area (Å²) in [5.41, 5.74) is 18.8. The second-order valence-electron chi connectivity index (χ2n) is 30.0. The molecule has 1 heterocycles. The highest BCUT2D eigenvalue weighted by atomic mass is 16.7. The molecule has 0 saturated carbocycles. The number of alkyl carbamates (subject to hydrolysis) is 2. The van der Waals surface area contributed by atoms with E-state index in [1.54, 1.807) is 41.5 Å². The van der Waals surface area contributed by atoms with E-state index in [4.69, 9.17) is 34.6 Å². The van der Waals surface area contributed by atoms with Crippen LogP contribution in [0.15, 0.2) is 121 Å². The molecular weight excluding hydrogens is 1510 g/mol. The molecule has 0 bridgehead atoms. The number of carboxylic acids is 1. The van der Waals surface area contributed by atoms with Gasteiger partial charge in [0.1, 0.15) is 36.5 Å². The third-order valence-electron chi connectivity index (χ3n) is 17.3. The van der Waals surface area contributed by atoms with Crippen LogP contribution in [-0.2, 0) is 73.5 Å². The van der Waals surface area contributed by atoms with Gasteiger partial charge in [-0.2, -0.15) is 11.0 Å². The first-order chi connectivity index (χ1) is 55.4. The highest BCUT2D eigenvalue weighted by Crippen LogP contribution is 2.46. The standard InChI is InChI=1S/C32H40N4O9.C17H15NO5.C15H27N3O5.C12H18N5.C8H19N/c1-32(2,3)45-30(41)35-18-22(38)14-15-28(39)34-17-21(37)9-8-16-33-29(40)20-44-36-31(42)43-19-27-25-12-6-4-10-23(25)24-11-5-7-13-26(24)27;19-16(20)10-23-18-17(21)22-9-15-13-7-3-1-5-11(13)12-6-2-4-8-14(12)15;1-15(2,3)23-14(22)18-10-12(20)6-7-13(21)17-9-11(19)5-4-8-16;1-15(2)12(16(3)4)9-17-11-8-6-5-7-10(11)13-14-17;1-6-9(7(2)3)8(4)5/h4-7,10-13,27H,8-9,14-20H2,1-3H3,(H,33,40)(H,34,39)(H,35,41)(H,36,42);1-8,15H,9-10H2,(H,18,21)(H,19,20);4-10,16H2,1-3H3,(H,17,21)(H,18,22);5-8H,9H2,1-4H3;7-8H,6H2,1-5H3/q;;;+1;. The smallest absolute Gasteiger partial charge is 0.431 e. The van der Waals surface area contributed by atoms with E-state index in [1.165, 1.54) is 5.84 Å². The zero-order valence-corrected chi connectivity index (χ0v) is 70.1. The summed E-state index contributed by atoms with van der Waals surface area (Å²) in [4.78, 5) is 153. The highest BCUT2D eigenvalue weighted by Gasteiger charge is 2.31. The Labute approximate surface area is 684 Å². The maximum atomic E-state index is 12.1. The van der Waals surface area contributed by atoms with E-state index in [0.717, 1.165) is 68.6 Å². The van der Waals surface area contributed by atoms with Crippen LogP contribution in [-0.4, -0.2) is 235 Å². The molecule has 7 amide bonds. The zero-order valence-electron chi connectivity index (χ0n) is 70.1. The van der Waals surface area contributed by atoms with Crippen LogP contribution in [0.1, 0.15) is 162 Å². The molecule has 33 heteroatoms. The number of rotatable bonds is 36. The number of para-hydroxylation sites is 1. The van der Waals surface area contributed by atoms with Crippen LogP contribution in [0.3, 0.4) is 0 Å². The maximum absolute atomic E-state index is 12.1. The normalized spacial score (nSPS) is 11.6. The van der Waals surface area contributed by atoms with Crippen molar-refractivity contribution in [3.63, 3.8) is 0 Å². The second kappa shape index (κ2) is 50.7. The average molecular weight is 1630 g/mol. The highest BCUT2D eigenvalue weighted by molar-refractivity contribution is 5.92. The van der Waals surface area contributed by atoms with Crippen LogP contribution in [0, 0.1) is 0 Å². The topological polar surface area (TPSA) is 431 Å². The van der Waals surface area contributed by atoms with Gasteiger partial charge in [0.25, 0.3) is 5.84 Å². The van der Waals surface area contributed by atoms with E-state index in [2.05, 4.69) is 96.2 Å². The molecule has 117 heavy (non-hydrogen) atoms. The second-order valence-corrected chi connectivity index (χ2v) is 30.0. The molecule has 2 aliphatic carbocycles. The molecule has 8 rings (SSSR count). The number of nitrogens with one attached hydrogen (secondary N) is 7. The third kappa shape index (κ3) is 37.3. The van der Waals surface area contributed by atoms with Gasteiger partial charge < -0.3 is 56.4 Å². The Balaban J connectivity index is 0.000000338. The Bertz CT molecular complexity index is 4200. The summed E-state index contributed by atoms with van der Waals surface area (Å²) in [6, 6.07) is 41.3. The Kier molecular flexibility index (Phi) is 42.4. The van der Waals surface area contributed by atoms with Gasteiger partial charge >= 0.3 is 30.3 Å². The van der Waals surface area contributed by atoms with Crippen molar-refractivity contribution in [3.8, 4) is 22.3 Å². The summed E-state index contributed by atoms with van der Waals surface area (Å²) in [6.07, 6.45) is -1.94. The van der Waals surface area contributed by atoms with Crippen molar-refractivity contribution in [2.24, 2.45) is 5.73 Å². The van der Waals surface area contributed by atoms with Crippen molar-refractivity contribution in [2.75, 3.05) is 100 Å². The van der Waals surface area contributed by atoms with Crippen molar-refractivity contribution in [2.45, 2.75) is 169 Å². The Morgan fingerprint density at radius 2 is 0.889 bits per heavy atom. The van der Waals surface area contributed by atoms with Gasteiger partial charge in [-0.05, 0) is 152 Å². The molecule has 33 nitrogen and oxygen atoms in total. The van der Waals surface area contributed by atoms with E-state index >= 15 is 0 Å². The quantitative estimate of drug-likeness (QED) is 0.00444. The van der Waals surface area contributed by atoms with Crippen molar-refractivity contribution in [1.29, 1.82) is 0 Å². The Hall–Kier alpha value is -11.6. The molecule has 0 radical (unpaired) electrons. The Morgan fingerprint density at radius 1 is 0.504 bits per heavy atom. The average Bonchev–Trinajstić information content (AvgIpc) is 1.62. The van der Waals surface area contributed by atoms with E-state index < -0.39 is 66.6 Å². The number of nitrogens with two attached hydrogens (primary N) is 1. The number of likely N-dealkylation sites (N-methyl/N-ethyl adjacent to an activating group) is 1. The summed E-state index contributed by atoms with van der Waals surface area (Å²) in [7, 11) is 8.14. The lowest BCUT2D eigenvalue weighted by atomic mass is 9.98. The minimum atomic E-state index is -1.18. The number of hydroxylamine groups is 2. The summed E-state index contributed by atoms with van der Waals surface area (Å²) in [6.45, 7) is 22.4. The molecule has 2 aliphatic rings. The Morgan fingerprint density at radius 3 is 1.26 bits per heavy atom. The van der Waals surface area contributed by atoms with E-state index in [1.807, 2.05) is 160 Å². The van der Waals surface area contributed by atoms with Gasteiger partial charge in [0.05, 0.1) is 59.9 Å². The number of hydrogen-bond donors (Lipinski definition) is 9. The fourth-order valence-corrected chi connectivity index (χ4v) is 12.0. The molecule has 6 aromatic rings. The third-order valence-corrected chi connectivity index (χ3v) is 17.3. The minimum Gasteiger partial charge on any atom is -0.479 e. The number of aliphatic carboxylic acids is 1. The van der Waals surface area contributed by atoms with Crippen LogP contribution in [0.5, 0.6) is 0 Å². The summed E-state index contributed by atoms with van der Waals surface area (Å²) >= 11 is 0. The molecule has 0 unspecified atom stereocenters. The van der Waals surface area contributed by atoms with Gasteiger partial charge in [-0.1, -0.05) is 121 Å². The first-order valence-corrected chi connectivity index (χ1v) is 38.8. The monoisotopic (exact) mass is 1630 g/mol. The van der Waals surface area contributed by atoms with Gasteiger partial charge in [-0.25, -0.2) is 28.7 Å². The number of carbonyl (C=O) groups is 12. The van der Waals surface area contributed by atoms with Crippen LogP contribution in [0.4, 0.5) is 19.2 Å². The van der Waals surface area contributed by atoms with Crippen molar-refractivity contribution < 1.29 is 95.8 Å². The number of amides is 7. The maximum Gasteiger partial charge on any atom is 0.431 e. The van der Waals surface area contributed by atoms with E-state index in [0.29, 0.717) is 37.9 Å². The predicted molar refractivity (Wildman–Crippen MR) is 440 cm³/mol. The lowest BCUT2D eigenvalue weighted by molar-refractivity contribution is -0.471. The number of carboxylic acid groups (broad SMARTS) is 1. The summed E-state index contributed by atoms with van der Waals surface area (Å²) in [5.74, 6) is -2.48. The van der Waals surface area contributed by atoms with Gasteiger partial charge in [-0.3, -0.25) is 57.6 Å². The molecule has 0 saturated heterocycles. The number of fused-ring (bicyclic) bond motifs is 7. The van der Waals surface area contributed by atoms with Crippen LogP contribution in [0.25, 0.3) is 33.3 Å². The summed E-state index contributed by atoms with van der Waals surface area (Å²) in [5, 5.41) is 28.9. The molecule has 10 N–H and O–H groups in total. The molecule has 0 fully saturated rings. The number of hydrogen-bond acceptors (Lipinski definition) is 22. The minimum absolute atomic E-state index is 0.0153. The molecule has 5 aromatic carbocycles. The lowest BCUT2D eigenvalue weighted by Crippen LogP contribution is -2.36. The number of carbonyl (C=O) groups excluding carboxylic acids is 11. The number of amidine groups is 1. The molecule has 0 spiro atoms. The van der Waals surface area contributed by atoms with Crippen molar-refractivity contribution in [1.82, 2.24) is 62.3 Å². The molecular formula is C84H119N14O19+. The number of ether oxygens (including phenoxy) is 4. The molecule has 0 atom stereocenters. The number of aromatic nitrogens is 3. The van der Waals surface area contributed by atoms with Crippen molar-refractivity contribution in [3.05, 3.63) is 144 Å². The fraction of sp³-hybridized carbons (Fsp3) is 0.488. The van der Waals surface area contributed by atoms with Crippen molar-refractivity contribution >= 4 is 88.1 Å². The van der Waals surface area contributed by atoms with Crippen LogP contribution >= 0.6 is 0 Å². The number of benzene rings is 5. The number of Topliss-reactive ketones (excluding diaryl/α,β-unsaturated/α-hetero) is 4. The number of nitrogens with zero attached hydrogens (tertiary/aromatic N) is 6. The first-order valence-electron chi connectivity index (χ1n) is 38.8. The van der Waals surface area contributed by atoms with Crippen LogP contribution < -0.4 is 43.3 Å². The molecule has 1 aromatic heterocycles. The predicted octanol–water partition coefficient (Wildman–Crippen LogP) is 8.53. The van der Waals surface area contributed by atoms with Gasteiger partial charge in [0.2, 0.25) is 17.7 Å². The van der Waals surface area contributed by atoms with E-state index in [9.17, 15) is 57.5 Å². The van der Waals surface area contributed by atoms with Gasteiger partial charge in [-0.15, -0.1) is 5.10 Å². The van der Waals surface area contributed by atoms with E-state index in [-0.39, 0.29) is 119 Å². The SMILES string of the molecule is CC(C)(C)OC(=O)NCC(=O)CCC(=O)NCC(=O)CCCN.CC(C)(C)OC(=O)NCC(=O)CCC(=O)NCC(=O)CCCNC(=O)CONC(=O)OCC1c2ccccc2-c2ccccc21.CCN(C(C)C)C(C)C.CN(C)C(Cn1nnc2ccccc21)=[N+](C)C.O=C(O)CONC(=O)OCC1c2ccccc2-c2ccccc21. The zero-order chi connectivity index (χ0) is 86.8. The summed E-state index contributed by atoms with van der Waals surface area (Å²) < 4.78 is 24.5. The molecule has 0 aliphatic heterocycles. The van der Waals surface area contributed by atoms with Gasteiger partial charge in [0, 0.05) is 69.0 Å². The fourth-order valence-electron chi connectivity index (χ4n) is 12.0. The molecule has 638 valence electrons. The largest absolute Gasteiger partial charge is 0.479 e. The first kappa shape index (κ1) is 97.8.